The molecular weight excluding hydrogens is 568 g/mol. The quantitative estimate of drug-likeness (QED) is 0.126. The molecule has 234 valence electrons. The van der Waals surface area contributed by atoms with Gasteiger partial charge in [-0.05, 0) is 79.4 Å². The van der Waals surface area contributed by atoms with E-state index in [9.17, 15) is 9.59 Å². The Morgan fingerprint density at radius 2 is 1.61 bits per heavy atom. The highest BCUT2D eigenvalue weighted by Crippen LogP contribution is 2.41. The molecule has 7 nitrogen and oxygen atoms in total. The summed E-state index contributed by atoms with van der Waals surface area (Å²) in [7, 11) is -0.818. The maximum Gasteiger partial charge on any atom is 0.337 e. The number of fused-ring (bicyclic) bond motifs is 1. The lowest BCUT2D eigenvalue weighted by molar-refractivity contribution is 0.0600. The predicted octanol–water partition coefficient (Wildman–Crippen LogP) is 7.57. The minimum absolute atomic E-state index is 0.00204. The van der Waals surface area contributed by atoms with Gasteiger partial charge in [0, 0.05) is 23.5 Å². The Hall–Kier alpha value is -3.72. The standard InChI is InChI=1S/C36H46N2O5Si/c1-35(2,3)44(7,8)43-31(23-37-36(4,5)22-26-15-12-16-27(21-26)34(40)41-6)28-17-19-30(33-29(28)18-20-32(39)38-33)42-24-25-13-10-9-11-14-25/h9-21,31,37H,22-24H2,1-8H3,(H,38,39)/t31-/m0/s1. The van der Waals surface area contributed by atoms with Crippen LogP contribution in [-0.2, 0) is 22.2 Å². The second kappa shape index (κ2) is 13.5. The Kier molecular flexibility index (Phi) is 10.2. The minimum Gasteiger partial charge on any atom is -0.487 e. The van der Waals surface area contributed by atoms with Gasteiger partial charge in [0.05, 0.1) is 24.3 Å². The van der Waals surface area contributed by atoms with Gasteiger partial charge in [0.25, 0.3) is 0 Å². The average Bonchev–Trinajstić information content (AvgIpc) is 2.97. The van der Waals surface area contributed by atoms with Crippen LogP contribution in [0.4, 0.5) is 0 Å². The lowest BCUT2D eigenvalue weighted by Crippen LogP contribution is -2.47. The second-order valence-corrected chi connectivity index (χ2v) is 18.3. The van der Waals surface area contributed by atoms with Crippen LogP contribution in [0.15, 0.2) is 83.7 Å². The van der Waals surface area contributed by atoms with Crippen molar-refractivity contribution in [3.8, 4) is 5.75 Å². The highest BCUT2D eigenvalue weighted by atomic mass is 28.4. The molecule has 8 heteroatoms. The third kappa shape index (κ3) is 8.25. The van der Waals surface area contributed by atoms with E-state index in [0.717, 1.165) is 22.1 Å². The van der Waals surface area contributed by atoms with Gasteiger partial charge in [-0.2, -0.15) is 0 Å². The van der Waals surface area contributed by atoms with Gasteiger partial charge in [-0.25, -0.2) is 4.79 Å². The number of H-pyrrole nitrogens is 1. The van der Waals surface area contributed by atoms with E-state index in [1.165, 1.54) is 7.11 Å². The molecule has 0 fully saturated rings. The molecule has 0 bridgehead atoms. The van der Waals surface area contributed by atoms with Crippen LogP contribution in [0.2, 0.25) is 18.1 Å². The molecule has 1 heterocycles. The normalized spacial score (nSPS) is 13.1. The Morgan fingerprint density at radius 3 is 2.30 bits per heavy atom. The number of ether oxygens (including phenoxy) is 2. The van der Waals surface area contributed by atoms with E-state index in [-0.39, 0.29) is 28.2 Å². The molecule has 1 atom stereocenters. The topological polar surface area (TPSA) is 89.7 Å². The number of aromatic nitrogens is 1. The molecule has 4 rings (SSSR count). The lowest BCUT2D eigenvalue weighted by atomic mass is 9.93. The number of carbonyl (C=O) groups excluding carboxylic acids is 1. The van der Waals surface area contributed by atoms with Crippen molar-refractivity contribution in [3.63, 3.8) is 0 Å². The maximum absolute atomic E-state index is 12.5. The number of nitrogens with one attached hydrogen (secondary N) is 2. The largest absolute Gasteiger partial charge is 0.487 e. The first-order valence-corrected chi connectivity index (χ1v) is 18.0. The number of esters is 1. The third-order valence-corrected chi connectivity index (χ3v) is 13.0. The molecule has 0 radical (unpaired) electrons. The zero-order chi connectivity index (χ0) is 32.1. The monoisotopic (exact) mass is 614 g/mol. The van der Waals surface area contributed by atoms with Crippen LogP contribution < -0.4 is 15.6 Å². The average molecular weight is 615 g/mol. The smallest absolute Gasteiger partial charge is 0.337 e. The Labute approximate surface area is 262 Å². The summed E-state index contributed by atoms with van der Waals surface area (Å²) in [6.45, 7) is 16.5. The molecule has 0 saturated heterocycles. The molecule has 0 saturated carbocycles. The summed E-state index contributed by atoms with van der Waals surface area (Å²) in [5, 5.41) is 4.65. The first-order chi connectivity index (χ1) is 20.7. The summed E-state index contributed by atoms with van der Waals surface area (Å²) in [6.07, 6.45) is 0.415. The molecule has 3 aromatic carbocycles. The number of benzene rings is 3. The van der Waals surface area contributed by atoms with Gasteiger partial charge < -0.3 is 24.2 Å². The van der Waals surface area contributed by atoms with Gasteiger partial charge in [-0.1, -0.05) is 69.3 Å². The number of hydrogen-bond donors (Lipinski definition) is 2. The van der Waals surface area contributed by atoms with Gasteiger partial charge in [-0.3, -0.25) is 4.79 Å². The molecule has 2 N–H and O–H groups in total. The molecule has 0 aliphatic carbocycles. The molecule has 44 heavy (non-hydrogen) atoms. The van der Waals surface area contributed by atoms with Crippen molar-refractivity contribution < 1.29 is 18.7 Å². The number of methoxy groups -OCH3 is 1. The zero-order valence-electron chi connectivity index (χ0n) is 27.2. The van der Waals surface area contributed by atoms with E-state index < -0.39 is 8.32 Å². The van der Waals surface area contributed by atoms with E-state index in [1.807, 2.05) is 60.7 Å². The summed E-state index contributed by atoms with van der Waals surface area (Å²) >= 11 is 0. The van der Waals surface area contributed by atoms with E-state index in [4.69, 9.17) is 13.9 Å². The molecule has 4 aromatic rings. The van der Waals surface area contributed by atoms with Crippen molar-refractivity contribution in [1.82, 2.24) is 10.3 Å². The Morgan fingerprint density at radius 1 is 0.909 bits per heavy atom. The number of rotatable bonds is 12. The van der Waals surface area contributed by atoms with Crippen molar-refractivity contribution in [2.24, 2.45) is 0 Å². The van der Waals surface area contributed by atoms with Crippen molar-refractivity contribution >= 4 is 25.2 Å². The molecule has 0 unspecified atom stereocenters. The highest BCUT2D eigenvalue weighted by Gasteiger charge is 2.40. The van der Waals surface area contributed by atoms with Crippen LogP contribution >= 0.6 is 0 Å². The number of hydrogen-bond acceptors (Lipinski definition) is 6. The second-order valence-electron chi connectivity index (χ2n) is 13.5. The number of pyridine rings is 1. The van der Waals surface area contributed by atoms with E-state index >= 15 is 0 Å². The summed E-state index contributed by atoms with van der Waals surface area (Å²) in [5.74, 6) is 0.275. The van der Waals surface area contributed by atoms with Gasteiger partial charge in [-0.15, -0.1) is 0 Å². The fourth-order valence-corrected chi connectivity index (χ4v) is 6.27. The van der Waals surface area contributed by atoms with Crippen LogP contribution in [0, 0.1) is 0 Å². The maximum atomic E-state index is 12.5. The van der Waals surface area contributed by atoms with Crippen molar-refractivity contribution in [2.75, 3.05) is 13.7 Å². The lowest BCUT2D eigenvalue weighted by Gasteiger charge is -2.40. The molecule has 0 aliphatic heterocycles. The molecule has 0 spiro atoms. The Bertz CT molecular complexity index is 1640. The molecule has 1 aromatic heterocycles. The van der Waals surface area contributed by atoms with Crippen molar-refractivity contribution in [3.05, 3.63) is 111 Å². The van der Waals surface area contributed by atoms with Crippen molar-refractivity contribution in [2.45, 2.75) is 77.4 Å². The molecule has 0 amide bonds. The zero-order valence-corrected chi connectivity index (χ0v) is 28.2. The summed E-state index contributed by atoms with van der Waals surface area (Å²) in [5.41, 5.74) is 3.77. The van der Waals surface area contributed by atoms with Crippen LogP contribution in [0.1, 0.15) is 67.8 Å². The van der Waals surface area contributed by atoms with Crippen molar-refractivity contribution in [1.29, 1.82) is 0 Å². The summed E-state index contributed by atoms with van der Waals surface area (Å²) in [6, 6.07) is 24.9. The predicted molar refractivity (Wildman–Crippen MR) is 180 cm³/mol. The van der Waals surface area contributed by atoms with Gasteiger partial charge >= 0.3 is 5.97 Å². The van der Waals surface area contributed by atoms with E-state index in [2.05, 4.69) is 64.1 Å². The van der Waals surface area contributed by atoms with E-state index in [1.54, 1.807) is 12.1 Å². The van der Waals surface area contributed by atoms with Gasteiger partial charge in [0.1, 0.15) is 12.4 Å². The number of carbonyl (C=O) groups is 1. The fraction of sp³-hybridized carbons (Fsp3) is 0.389. The Balaban J connectivity index is 1.66. The first kappa shape index (κ1) is 33.2. The van der Waals surface area contributed by atoms with Gasteiger partial charge in [0.2, 0.25) is 5.56 Å². The van der Waals surface area contributed by atoms with Crippen LogP contribution in [-0.4, -0.2) is 38.5 Å². The minimum atomic E-state index is -2.21. The summed E-state index contributed by atoms with van der Waals surface area (Å²) in [4.78, 5) is 27.6. The number of aromatic amines is 1. The molecular formula is C36H46N2O5Si. The SMILES string of the molecule is COC(=O)c1cccc(CC(C)(C)NC[C@H](O[Si](C)(C)C(C)(C)C)c2ccc(OCc3ccccc3)c3[nH]c(=O)ccc23)c1. The molecule has 0 aliphatic rings. The third-order valence-electron chi connectivity index (χ3n) is 8.48. The highest BCUT2D eigenvalue weighted by molar-refractivity contribution is 6.74. The van der Waals surface area contributed by atoms with Gasteiger partial charge in [0.15, 0.2) is 8.32 Å². The van der Waals surface area contributed by atoms with Crippen LogP contribution in [0.3, 0.4) is 0 Å². The van der Waals surface area contributed by atoms with Crippen LogP contribution in [0.25, 0.3) is 10.9 Å². The fourth-order valence-electron chi connectivity index (χ4n) is 5.00. The van der Waals surface area contributed by atoms with Crippen LogP contribution in [0.5, 0.6) is 5.75 Å². The first-order valence-electron chi connectivity index (χ1n) is 15.1. The van der Waals surface area contributed by atoms with E-state index in [0.29, 0.717) is 36.4 Å². The summed E-state index contributed by atoms with van der Waals surface area (Å²) < 4.78 is 18.2.